The highest BCUT2D eigenvalue weighted by Gasteiger charge is 2.29. The van der Waals surface area contributed by atoms with Crippen molar-refractivity contribution in [3.63, 3.8) is 0 Å². The smallest absolute Gasteiger partial charge is 0.271 e. The van der Waals surface area contributed by atoms with E-state index < -0.39 is 14.9 Å². The number of nitro benzene ring substituents is 1. The molecule has 3 rings (SSSR count). The van der Waals surface area contributed by atoms with Gasteiger partial charge in [-0.25, -0.2) is 8.42 Å². The van der Waals surface area contributed by atoms with Crippen LogP contribution in [0.1, 0.15) is 24.6 Å². The Balaban J connectivity index is 1.90. The fourth-order valence-electron chi connectivity index (χ4n) is 2.68. The van der Waals surface area contributed by atoms with Crippen LogP contribution in [0.4, 0.5) is 11.4 Å². The summed E-state index contributed by atoms with van der Waals surface area (Å²) in [5.41, 5.74) is 3.18. The lowest BCUT2D eigenvalue weighted by atomic mass is 10.3. The maximum atomic E-state index is 12.6. The fraction of sp³-hybridized carbons (Fsp3) is 0.312. The van der Waals surface area contributed by atoms with Gasteiger partial charge in [-0.2, -0.15) is 9.41 Å². The molecule has 1 N–H and O–H groups in total. The number of nitrogens with zero attached hydrogens (tertiary/aromatic N) is 3. The molecular formula is C16H18N4O4S2. The molecule has 0 radical (unpaired) electrons. The number of nitro groups is 1. The first kappa shape index (κ1) is 18.5. The topological polar surface area (TPSA) is 105 Å². The summed E-state index contributed by atoms with van der Waals surface area (Å²) in [6, 6.07) is 7.63. The molecule has 1 aromatic carbocycles. The zero-order valence-electron chi connectivity index (χ0n) is 14.1. The minimum Gasteiger partial charge on any atom is -0.271 e. The van der Waals surface area contributed by atoms with E-state index in [0.29, 0.717) is 18.8 Å². The number of thiophene rings is 1. The minimum atomic E-state index is -3.71. The zero-order valence-corrected chi connectivity index (χ0v) is 15.7. The summed E-state index contributed by atoms with van der Waals surface area (Å²) < 4.78 is 26.6. The third-order valence-electron chi connectivity index (χ3n) is 4.09. The molecule has 26 heavy (non-hydrogen) atoms. The van der Waals surface area contributed by atoms with Crippen molar-refractivity contribution >= 4 is 38.4 Å². The average molecular weight is 394 g/mol. The Morgan fingerprint density at radius 1 is 1.31 bits per heavy atom. The molecule has 138 valence electrons. The first-order valence-electron chi connectivity index (χ1n) is 8.02. The molecule has 0 spiro atoms. The van der Waals surface area contributed by atoms with Crippen molar-refractivity contribution in [3.05, 3.63) is 50.7 Å². The Morgan fingerprint density at radius 2 is 2.04 bits per heavy atom. The third kappa shape index (κ3) is 3.76. The summed E-state index contributed by atoms with van der Waals surface area (Å²) in [5, 5.41) is 17.5. The summed E-state index contributed by atoms with van der Waals surface area (Å²) in [4.78, 5) is 11.7. The van der Waals surface area contributed by atoms with Gasteiger partial charge in [0.15, 0.2) is 0 Å². The number of hydrazone groups is 1. The van der Waals surface area contributed by atoms with Gasteiger partial charge in [-0.15, -0.1) is 11.3 Å². The molecule has 1 aromatic heterocycles. The van der Waals surface area contributed by atoms with Crippen LogP contribution in [-0.4, -0.2) is 36.4 Å². The second-order valence-corrected chi connectivity index (χ2v) is 8.72. The first-order chi connectivity index (χ1) is 12.4. The highest BCUT2D eigenvalue weighted by atomic mass is 32.2. The summed E-state index contributed by atoms with van der Waals surface area (Å²) in [6.07, 6.45) is 1.61. The van der Waals surface area contributed by atoms with E-state index in [4.69, 9.17) is 0 Å². The van der Waals surface area contributed by atoms with Crippen LogP contribution in [0.15, 0.2) is 45.7 Å². The number of anilines is 1. The Labute approximate surface area is 155 Å². The van der Waals surface area contributed by atoms with Crippen LogP contribution >= 0.6 is 11.3 Å². The summed E-state index contributed by atoms with van der Waals surface area (Å²) in [7, 11) is -3.71. The van der Waals surface area contributed by atoms with Crippen molar-refractivity contribution in [2.75, 3.05) is 18.5 Å². The molecule has 2 aromatic rings. The molecule has 2 heterocycles. The van der Waals surface area contributed by atoms with Gasteiger partial charge >= 0.3 is 0 Å². The van der Waals surface area contributed by atoms with Crippen molar-refractivity contribution in [2.45, 2.75) is 24.7 Å². The van der Waals surface area contributed by atoms with Crippen molar-refractivity contribution < 1.29 is 13.3 Å². The number of sulfonamides is 1. The van der Waals surface area contributed by atoms with Gasteiger partial charge in [0.25, 0.3) is 5.69 Å². The molecule has 0 bridgehead atoms. The van der Waals surface area contributed by atoms with Crippen molar-refractivity contribution in [3.8, 4) is 0 Å². The van der Waals surface area contributed by atoms with E-state index in [9.17, 15) is 18.5 Å². The molecule has 0 saturated carbocycles. The van der Waals surface area contributed by atoms with Gasteiger partial charge in [0.1, 0.15) is 5.69 Å². The quantitative estimate of drug-likeness (QED) is 0.460. The van der Waals surface area contributed by atoms with Crippen molar-refractivity contribution in [1.29, 1.82) is 0 Å². The van der Waals surface area contributed by atoms with Crippen LogP contribution < -0.4 is 5.43 Å². The summed E-state index contributed by atoms with van der Waals surface area (Å²) in [5.74, 6) is 0. The molecule has 1 aliphatic heterocycles. The lowest BCUT2D eigenvalue weighted by molar-refractivity contribution is -0.384. The maximum Gasteiger partial charge on any atom is 0.295 e. The summed E-state index contributed by atoms with van der Waals surface area (Å²) >= 11 is 1.51. The molecule has 1 aliphatic rings. The van der Waals surface area contributed by atoms with Crippen LogP contribution in [0.2, 0.25) is 0 Å². The van der Waals surface area contributed by atoms with E-state index in [0.717, 1.165) is 23.8 Å². The first-order valence-corrected chi connectivity index (χ1v) is 10.3. The monoisotopic (exact) mass is 394 g/mol. The zero-order chi connectivity index (χ0) is 18.7. The molecule has 1 saturated heterocycles. The van der Waals surface area contributed by atoms with E-state index in [1.54, 1.807) is 6.92 Å². The number of hydrogen-bond acceptors (Lipinski definition) is 7. The van der Waals surface area contributed by atoms with Gasteiger partial charge in [-0.3, -0.25) is 15.5 Å². The molecule has 0 unspecified atom stereocenters. The van der Waals surface area contributed by atoms with Gasteiger partial charge in [0, 0.05) is 24.0 Å². The number of hydrogen-bond donors (Lipinski definition) is 1. The van der Waals surface area contributed by atoms with Crippen LogP contribution in [0, 0.1) is 10.1 Å². The fourth-order valence-corrected chi connectivity index (χ4v) is 4.89. The molecule has 10 heteroatoms. The highest BCUT2D eigenvalue weighted by Crippen LogP contribution is 2.30. The van der Waals surface area contributed by atoms with Gasteiger partial charge in [0.2, 0.25) is 10.0 Å². The van der Waals surface area contributed by atoms with Crippen LogP contribution in [0.3, 0.4) is 0 Å². The maximum absolute atomic E-state index is 12.6. The van der Waals surface area contributed by atoms with Gasteiger partial charge < -0.3 is 0 Å². The molecule has 0 amide bonds. The Bertz CT molecular complexity index is 933. The second kappa shape index (κ2) is 7.52. The van der Waals surface area contributed by atoms with E-state index in [1.165, 1.54) is 27.8 Å². The van der Waals surface area contributed by atoms with Crippen LogP contribution in [0.25, 0.3) is 0 Å². The normalized spacial score (nSPS) is 16.0. The minimum absolute atomic E-state index is 0.0735. The predicted octanol–water partition coefficient (Wildman–Crippen LogP) is 3.28. The molecular weight excluding hydrogens is 376 g/mol. The van der Waals surface area contributed by atoms with Crippen LogP contribution in [0.5, 0.6) is 0 Å². The van der Waals surface area contributed by atoms with Crippen molar-refractivity contribution in [1.82, 2.24) is 4.31 Å². The predicted molar refractivity (Wildman–Crippen MR) is 101 cm³/mol. The third-order valence-corrected chi connectivity index (χ3v) is 6.96. The summed E-state index contributed by atoms with van der Waals surface area (Å²) in [6.45, 7) is 2.68. The molecule has 8 nitrogen and oxygen atoms in total. The second-order valence-electron chi connectivity index (χ2n) is 5.83. The van der Waals surface area contributed by atoms with Gasteiger partial charge in [-0.1, -0.05) is 6.07 Å². The Hall–Kier alpha value is -2.30. The number of rotatable bonds is 6. The Morgan fingerprint density at radius 3 is 2.65 bits per heavy atom. The molecule has 0 aliphatic carbocycles. The van der Waals surface area contributed by atoms with E-state index in [2.05, 4.69) is 10.5 Å². The van der Waals surface area contributed by atoms with E-state index in [-0.39, 0.29) is 16.3 Å². The molecule has 0 atom stereocenters. The standard InChI is InChI=1S/C16H18N4O4S2/c1-12(16-5-4-10-25-16)17-18-14-7-6-13(11-15(14)20(21)22)26(23,24)19-8-2-3-9-19/h4-7,10-11,18H,2-3,8-9H2,1H3/b17-12+. The average Bonchev–Trinajstić information content (AvgIpc) is 3.32. The Kier molecular flexibility index (Phi) is 5.35. The molecule has 1 fully saturated rings. The highest BCUT2D eigenvalue weighted by molar-refractivity contribution is 7.89. The number of nitrogens with one attached hydrogen (secondary N) is 1. The van der Waals surface area contributed by atoms with Gasteiger partial charge in [-0.05, 0) is 43.3 Å². The SMILES string of the molecule is C/C(=N\Nc1ccc(S(=O)(=O)N2CCCC2)cc1[N+](=O)[O-])c1cccs1. The number of benzene rings is 1. The largest absolute Gasteiger partial charge is 0.295 e. The lowest BCUT2D eigenvalue weighted by Gasteiger charge is -2.15. The van der Waals surface area contributed by atoms with E-state index >= 15 is 0 Å². The lowest BCUT2D eigenvalue weighted by Crippen LogP contribution is -2.27. The van der Waals surface area contributed by atoms with Crippen LogP contribution in [-0.2, 0) is 10.0 Å². The van der Waals surface area contributed by atoms with Crippen molar-refractivity contribution in [2.24, 2.45) is 5.10 Å². The van der Waals surface area contributed by atoms with E-state index in [1.807, 2.05) is 17.5 Å². The van der Waals surface area contributed by atoms with Gasteiger partial charge in [0.05, 0.1) is 15.5 Å².